The van der Waals surface area contributed by atoms with Crippen LogP contribution in [0.1, 0.15) is 13.8 Å². The molecule has 0 amide bonds. The summed E-state index contributed by atoms with van der Waals surface area (Å²) in [5.41, 5.74) is 1.27. The normalized spacial score (nSPS) is 19.3. The predicted molar refractivity (Wildman–Crippen MR) is 89.3 cm³/mol. The molecule has 0 spiro atoms. The molecule has 1 saturated heterocycles. The maximum Gasteiger partial charge on any atom is 0.120 e. The van der Waals surface area contributed by atoms with E-state index < -0.39 is 0 Å². The van der Waals surface area contributed by atoms with Crippen LogP contribution in [-0.2, 0) is 0 Å². The maximum absolute atomic E-state index is 5.32. The van der Waals surface area contributed by atoms with E-state index in [4.69, 9.17) is 4.74 Å². The first-order valence-electron chi connectivity index (χ1n) is 7.93. The molecule has 0 radical (unpaired) electrons. The lowest BCUT2D eigenvalue weighted by Crippen LogP contribution is -2.52. The molecule has 4 heteroatoms. The van der Waals surface area contributed by atoms with Gasteiger partial charge in [0.15, 0.2) is 0 Å². The Balaban J connectivity index is 1.90. The smallest absolute Gasteiger partial charge is 0.120 e. The van der Waals surface area contributed by atoms with Crippen molar-refractivity contribution >= 4 is 5.69 Å². The summed E-state index contributed by atoms with van der Waals surface area (Å²) in [6.45, 7) is 10.2. The van der Waals surface area contributed by atoms with Gasteiger partial charge in [0, 0.05) is 44.0 Å². The summed E-state index contributed by atoms with van der Waals surface area (Å²) < 4.78 is 5.32. The second-order valence-corrected chi connectivity index (χ2v) is 6.00. The van der Waals surface area contributed by atoms with Crippen molar-refractivity contribution in [2.75, 3.05) is 51.8 Å². The minimum absolute atomic E-state index is 0.630. The fraction of sp³-hybridized carbons (Fsp3) is 0.647. The Hall–Kier alpha value is -1.26. The molecule has 118 valence electrons. The highest BCUT2D eigenvalue weighted by molar-refractivity contribution is 5.51. The molecule has 1 heterocycles. The number of hydrogen-bond acceptors (Lipinski definition) is 4. The number of methoxy groups -OCH3 is 1. The Morgan fingerprint density at radius 3 is 2.52 bits per heavy atom. The topological polar surface area (TPSA) is 27.7 Å². The van der Waals surface area contributed by atoms with Gasteiger partial charge in [-0.2, -0.15) is 0 Å². The molecule has 0 saturated carbocycles. The van der Waals surface area contributed by atoms with Gasteiger partial charge >= 0.3 is 0 Å². The average Bonchev–Trinajstić information content (AvgIpc) is 2.54. The van der Waals surface area contributed by atoms with Crippen LogP contribution in [0.5, 0.6) is 5.75 Å². The first-order valence-corrected chi connectivity index (χ1v) is 7.93. The molecule has 2 unspecified atom stereocenters. The molecule has 1 aromatic rings. The van der Waals surface area contributed by atoms with Gasteiger partial charge in [0.25, 0.3) is 0 Å². The van der Waals surface area contributed by atoms with Gasteiger partial charge in [-0.1, -0.05) is 13.0 Å². The SMILES string of the molecule is CNCC(C)C(C)N1CCN(c2cccc(OC)c2)CC1. The van der Waals surface area contributed by atoms with Gasteiger partial charge in [-0.3, -0.25) is 4.90 Å². The molecule has 1 aliphatic rings. The zero-order chi connectivity index (χ0) is 15.2. The Labute approximate surface area is 129 Å². The van der Waals surface area contributed by atoms with Crippen LogP contribution >= 0.6 is 0 Å². The first kappa shape index (κ1) is 16.1. The van der Waals surface area contributed by atoms with Gasteiger partial charge in [-0.15, -0.1) is 0 Å². The molecular formula is C17H29N3O. The van der Waals surface area contributed by atoms with E-state index in [9.17, 15) is 0 Å². The third-order valence-electron chi connectivity index (χ3n) is 4.66. The second-order valence-electron chi connectivity index (χ2n) is 6.00. The third kappa shape index (κ3) is 4.11. The van der Waals surface area contributed by atoms with Crippen molar-refractivity contribution in [2.45, 2.75) is 19.9 Å². The summed E-state index contributed by atoms with van der Waals surface area (Å²) in [7, 11) is 3.76. The number of benzene rings is 1. The minimum Gasteiger partial charge on any atom is -0.497 e. The van der Waals surface area contributed by atoms with E-state index in [0.717, 1.165) is 38.5 Å². The van der Waals surface area contributed by atoms with Crippen LogP contribution in [0, 0.1) is 5.92 Å². The van der Waals surface area contributed by atoms with Crippen LogP contribution in [-0.4, -0.2) is 57.8 Å². The lowest BCUT2D eigenvalue weighted by Gasteiger charge is -2.41. The highest BCUT2D eigenvalue weighted by Crippen LogP contribution is 2.23. The quantitative estimate of drug-likeness (QED) is 0.868. The van der Waals surface area contributed by atoms with E-state index in [1.807, 2.05) is 13.1 Å². The molecule has 21 heavy (non-hydrogen) atoms. The van der Waals surface area contributed by atoms with Gasteiger partial charge in [-0.05, 0) is 38.6 Å². The van der Waals surface area contributed by atoms with Crippen molar-refractivity contribution in [1.82, 2.24) is 10.2 Å². The number of rotatable bonds is 6. The fourth-order valence-corrected chi connectivity index (χ4v) is 3.05. The highest BCUT2D eigenvalue weighted by Gasteiger charge is 2.24. The lowest BCUT2D eigenvalue weighted by molar-refractivity contribution is 0.152. The number of nitrogens with one attached hydrogen (secondary N) is 1. The predicted octanol–water partition coefficient (Wildman–Crippen LogP) is 2.06. The molecule has 0 bridgehead atoms. The van der Waals surface area contributed by atoms with Crippen LogP contribution in [0.2, 0.25) is 0 Å². The third-order valence-corrected chi connectivity index (χ3v) is 4.66. The van der Waals surface area contributed by atoms with Crippen molar-refractivity contribution < 1.29 is 4.74 Å². The summed E-state index contributed by atoms with van der Waals surface area (Å²) in [5, 5.41) is 3.28. The second kappa shape index (κ2) is 7.66. The molecule has 0 aliphatic carbocycles. The number of piperazine rings is 1. The number of hydrogen-bond donors (Lipinski definition) is 1. The summed E-state index contributed by atoms with van der Waals surface area (Å²) in [6.07, 6.45) is 0. The molecule has 1 fully saturated rings. The van der Waals surface area contributed by atoms with E-state index in [-0.39, 0.29) is 0 Å². The van der Waals surface area contributed by atoms with E-state index in [2.05, 4.69) is 47.2 Å². The zero-order valence-corrected chi connectivity index (χ0v) is 13.8. The molecule has 1 aliphatic heterocycles. The van der Waals surface area contributed by atoms with E-state index in [1.165, 1.54) is 5.69 Å². The molecule has 2 atom stereocenters. The van der Waals surface area contributed by atoms with Crippen LogP contribution in [0.15, 0.2) is 24.3 Å². The fourth-order valence-electron chi connectivity index (χ4n) is 3.05. The van der Waals surface area contributed by atoms with Crippen LogP contribution in [0.25, 0.3) is 0 Å². The Kier molecular flexibility index (Phi) is 5.88. The molecular weight excluding hydrogens is 262 g/mol. The standard InChI is InChI=1S/C17H29N3O/c1-14(13-18-3)15(2)19-8-10-20(11-9-19)16-6-5-7-17(12-16)21-4/h5-7,12,14-15,18H,8-11,13H2,1-4H3. The number of ether oxygens (including phenoxy) is 1. The van der Waals surface area contributed by atoms with Crippen LogP contribution in [0.4, 0.5) is 5.69 Å². The van der Waals surface area contributed by atoms with Gasteiger partial charge in [0.2, 0.25) is 0 Å². The van der Waals surface area contributed by atoms with Gasteiger partial charge in [-0.25, -0.2) is 0 Å². The summed E-state index contributed by atoms with van der Waals surface area (Å²) in [6, 6.07) is 9.00. The Morgan fingerprint density at radius 1 is 1.19 bits per heavy atom. The van der Waals surface area contributed by atoms with E-state index >= 15 is 0 Å². The largest absolute Gasteiger partial charge is 0.497 e. The van der Waals surface area contributed by atoms with Gasteiger partial charge in [0.1, 0.15) is 5.75 Å². The summed E-state index contributed by atoms with van der Waals surface area (Å²) >= 11 is 0. The monoisotopic (exact) mass is 291 g/mol. The summed E-state index contributed by atoms with van der Waals surface area (Å²) in [4.78, 5) is 5.06. The van der Waals surface area contributed by atoms with E-state index in [1.54, 1.807) is 7.11 Å². The molecule has 1 N–H and O–H groups in total. The van der Waals surface area contributed by atoms with Crippen molar-refractivity contribution in [2.24, 2.45) is 5.92 Å². The van der Waals surface area contributed by atoms with Crippen molar-refractivity contribution in [3.63, 3.8) is 0 Å². The first-order chi connectivity index (χ1) is 10.2. The number of anilines is 1. The highest BCUT2D eigenvalue weighted by atomic mass is 16.5. The minimum atomic E-state index is 0.630. The maximum atomic E-state index is 5.32. The van der Waals surface area contributed by atoms with Gasteiger partial charge in [0.05, 0.1) is 7.11 Å². The van der Waals surface area contributed by atoms with E-state index in [0.29, 0.717) is 12.0 Å². The average molecular weight is 291 g/mol. The summed E-state index contributed by atoms with van der Waals surface area (Å²) in [5.74, 6) is 1.62. The van der Waals surface area contributed by atoms with Crippen molar-refractivity contribution in [1.29, 1.82) is 0 Å². The van der Waals surface area contributed by atoms with Crippen LogP contribution in [0.3, 0.4) is 0 Å². The Bertz CT molecular complexity index is 430. The Morgan fingerprint density at radius 2 is 1.90 bits per heavy atom. The molecule has 2 rings (SSSR count). The van der Waals surface area contributed by atoms with Gasteiger partial charge < -0.3 is 15.0 Å². The zero-order valence-electron chi connectivity index (χ0n) is 13.8. The molecule has 0 aromatic heterocycles. The van der Waals surface area contributed by atoms with Crippen molar-refractivity contribution in [3.8, 4) is 5.75 Å². The van der Waals surface area contributed by atoms with Crippen molar-refractivity contribution in [3.05, 3.63) is 24.3 Å². The number of nitrogens with zero attached hydrogens (tertiary/aromatic N) is 2. The molecule has 4 nitrogen and oxygen atoms in total. The molecule has 1 aromatic carbocycles. The van der Waals surface area contributed by atoms with Crippen LogP contribution < -0.4 is 15.0 Å². The lowest BCUT2D eigenvalue weighted by atomic mass is 10.0.